The first-order valence-electron chi connectivity index (χ1n) is 7.26. The van der Waals surface area contributed by atoms with E-state index < -0.39 is 6.09 Å². The maximum atomic E-state index is 11.9. The number of carbonyl (C=O) groups is 2. The summed E-state index contributed by atoms with van der Waals surface area (Å²) in [5.74, 6) is 0.371. The molecule has 1 aromatic rings. The van der Waals surface area contributed by atoms with E-state index in [1.54, 1.807) is 18.1 Å². The summed E-state index contributed by atoms with van der Waals surface area (Å²) in [6, 6.07) is 5.48. The van der Waals surface area contributed by atoms with Crippen LogP contribution in [0.5, 0.6) is 5.75 Å². The Morgan fingerprint density at radius 2 is 1.96 bits per heavy atom. The molecule has 1 N–H and O–H groups in total. The van der Waals surface area contributed by atoms with Crippen molar-refractivity contribution in [1.29, 1.82) is 0 Å². The first-order chi connectivity index (χ1) is 11.0. The monoisotopic (exact) mass is 341 g/mol. The molecule has 0 unspecified atom stereocenters. The number of nitrogens with zero attached hydrogens (tertiary/aromatic N) is 2. The molecule has 0 aromatic heterocycles. The average molecular weight is 342 g/mol. The summed E-state index contributed by atoms with van der Waals surface area (Å²) in [5.41, 5.74) is 0.940. The highest BCUT2D eigenvalue weighted by atomic mass is 35.5. The molecule has 0 radical (unpaired) electrons. The average Bonchev–Trinajstić information content (AvgIpc) is 2.59. The fourth-order valence-electron chi connectivity index (χ4n) is 2.33. The Hall–Kier alpha value is -2.15. The van der Waals surface area contributed by atoms with Crippen molar-refractivity contribution >= 4 is 29.3 Å². The second-order valence-corrected chi connectivity index (χ2v) is 5.45. The number of carbonyl (C=O) groups excluding carboxylic acids is 2. The Balaban J connectivity index is 1.91. The van der Waals surface area contributed by atoms with Crippen molar-refractivity contribution in [2.45, 2.75) is 0 Å². The topological polar surface area (TPSA) is 71.1 Å². The van der Waals surface area contributed by atoms with E-state index >= 15 is 0 Å². The van der Waals surface area contributed by atoms with Crippen LogP contribution in [0, 0.1) is 0 Å². The van der Waals surface area contributed by atoms with Gasteiger partial charge in [0.05, 0.1) is 12.8 Å². The van der Waals surface area contributed by atoms with E-state index in [9.17, 15) is 9.59 Å². The van der Waals surface area contributed by atoms with E-state index in [0.717, 1.165) is 5.69 Å². The molecule has 0 atom stereocenters. The summed E-state index contributed by atoms with van der Waals surface area (Å²) >= 11 is 5.97. The lowest BCUT2D eigenvalue weighted by Crippen LogP contribution is -2.49. The van der Waals surface area contributed by atoms with Crippen molar-refractivity contribution in [2.75, 3.05) is 51.8 Å². The predicted octanol–water partition coefficient (Wildman–Crippen LogP) is 1.35. The summed E-state index contributed by atoms with van der Waals surface area (Å²) in [6.45, 7) is 2.05. The molecule has 7 nitrogen and oxygen atoms in total. The van der Waals surface area contributed by atoms with Crippen molar-refractivity contribution in [3.05, 3.63) is 23.2 Å². The van der Waals surface area contributed by atoms with Gasteiger partial charge in [-0.15, -0.1) is 0 Å². The van der Waals surface area contributed by atoms with Crippen LogP contribution in [0.15, 0.2) is 18.2 Å². The Labute approximate surface area is 140 Å². The van der Waals surface area contributed by atoms with Crippen LogP contribution in [-0.2, 0) is 9.53 Å². The van der Waals surface area contributed by atoms with Gasteiger partial charge in [-0.3, -0.25) is 4.79 Å². The summed E-state index contributed by atoms with van der Waals surface area (Å²) < 4.78 is 10.3. The number of hydrogen-bond donors (Lipinski definition) is 1. The van der Waals surface area contributed by atoms with Crippen LogP contribution in [-0.4, -0.2) is 63.8 Å². The van der Waals surface area contributed by atoms with Gasteiger partial charge < -0.3 is 24.6 Å². The van der Waals surface area contributed by atoms with E-state index in [4.69, 9.17) is 21.1 Å². The first kappa shape index (κ1) is 17.2. The van der Waals surface area contributed by atoms with Crippen LogP contribution in [0.1, 0.15) is 0 Å². The number of nitrogens with one attached hydrogen (secondary N) is 1. The normalized spacial score (nSPS) is 14.4. The number of benzene rings is 1. The van der Waals surface area contributed by atoms with Crippen molar-refractivity contribution in [3.8, 4) is 5.75 Å². The standard InChI is InChI=1S/C15H20ClN3O4/c1-17-14(20)10-23-15(21)19-7-5-18(6-8-19)12-4-3-11(16)9-13(12)22-2/h3-4,9H,5-8,10H2,1-2H3,(H,17,20). The Morgan fingerprint density at radius 1 is 1.26 bits per heavy atom. The van der Waals surface area contributed by atoms with E-state index in [2.05, 4.69) is 10.2 Å². The fraction of sp³-hybridized carbons (Fsp3) is 0.467. The molecule has 0 bridgehead atoms. The van der Waals surface area contributed by atoms with Crippen LogP contribution in [0.4, 0.5) is 10.5 Å². The molecule has 8 heteroatoms. The molecule has 1 saturated heterocycles. The van der Waals surface area contributed by atoms with Gasteiger partial charge in [0.25, 0.3) is 5.91 Å². The number of piperazine rings is 1. The fourth-order valence-corrected chi connectivity index (χ4v) is 2.50. The molecule has 1 aromatic carbocycles. The van der Waals surface area contributed by atoms with Gasteiger partial charge in [0.1, 0.15) is 5.75 Å². The van der Waals surface area contributed by atoms with Gasteiger partial charge in [-0.25, -0.2) is 4.79 Å². The quantitative estimate of drug-likeness (QED) is 0.895. The predicted molar refractivity (Wildman–Crippen MR) is 87.2 cm³/mol. The third kappa shape index (κ3) is 4.41. The maximum absolute atomic E-state index is 11.9. The summed E-state index contributed by atoms with van der Waals surface area (Å²) in [6.07, 6.45) is -0.476. The third-order valence-corrected chi connectivity index (χ3v) is 3.86. The molecular weight excluding hydrogens is 322 g/mol. The van der Waals surface area contributed by atoms with Gasteiger partial charge in [-0.2, -0.15) is 0 Å². The molecular formula is C15H20ClN3O4. The number of rotatable bonds is 4. The molecule has 126 valence electrons. The van der Waals surface area contributed by atoms with Crippen LogP contribution in [0.25, 0.3) is 0 Å². The zero-order valence-corrected chi connectivity index (χ0v) is 13.9. The molecule has 0 saturated carbocycles. The number of anilines is 1. The number of hydrogen-bond acceptors (Lipinski definition) is 5. The lowest BCUT2D eigenvalue weighted by molar-refractivity contribution is -0.123. The third-order valence-electron chi connectivity index (χ3n) is 3.63. The summed E-state index contributed by atoms with van der Waals surface area (Å²) in [7, 11) is 3.09. The number of amides is 2. The molecule has 1 aliphatic heterocycles. The van der Waals surface area contributed by atoms with Crippen LogP contribution in [0.3, 0.4) is 0 Å². The van der Waals surface area contributed by atoms with E-state index in [1.165, 1.54) is 7.05 Å². The van der Waals surface area contributed by atoms with Gasteiger partial charge >= 0.3 is 6.09 Å². The molecule has 2 amide bonds. The SMILES string of the molecule is CNC(=O)COC(=O)N1CCN(c2ccc(Cl)cc2OC)CC1. The molecule has 1 heterocycles. The number of halogens is 1. The zero-order valence-electron chi connectivity index (χ0n) is 13.2. The van der Waals surface area contributed by atoms with Crippen LogP contribution >= 0.6 is 11.6 Å². The Bertz CT molecular complexity index is 574. The highest BCUT2D eigenvalue weighted by Gasteiger charge is 2.24. The molecule has 0 spiro atoms. The minimum absolute atomic E-state index is 0.263. The van der Waals surface area contributed by atoms with E-state index in [1.807, 2.05) is 12.1 Å². The summed E-state index contributed by atoms with van der Waals surface area (Å²) in [5, 5.41) is 3.01. The van der Waals surface area contributed by atoms with Gasteiger partial charge in [0, 0.05) is 44.3 Å². The van der Waals surface area contributed by atoms with Gasteiger partial charge in [0.15, 0.2) is 6.61 Å². The lowest BCUT2D eigenvalue weighted by atomic mass is 10.2. The van der Waals surface area contributed by atoms with E-state index in [0.29, 0.717) is 37.0 Å². The minimum atomic E-state index is -0.476. The highest BCUT2D eigenvalue weighted by Crippen LogP contribution is 2.31. The van der Waals surface area contributed by atoms with Crippen molar-refractivity contribution in [3.63, 3.8) is 0 Å². The second-order valence-electron chi connectivity index (χ2n) is 5.02. The highest BCUT2D eigenvalue weighted by molar-refractivity contribution is 6.30. The maximum Gasteiger partial charge on any atom is 0.410 e. The van der Waals surface area contributed by atoms with E-state index in [-0.39, 0.29) is 12.5 Å². The van der Waals surface area contributed by atoms with Gasteiger partial charge in [0.2, 0.25) is 0 Å². The lowest BCUT2D eigenvalue weighted by Gasteiger charge is -2.36. The largest absolute Gasteiger partial charge is 0.495 e. The smallest absolute Gasteiger partial charge is 0.410 e. The molecule has 1 aliphatic rings. The second kappa shape index (κ2) is 7.92. The van der Waals surface area contributed by atoms with Crippen LogP contribution < -0.4 is 15.0 Å². The Morgan fingerprint density at radius 3 is 2.57 bits per heavy atom. The number of ether oxygens (including phenoxy) is 2. The molecule has 1 fully saturated rings. The van der Waals surface area contributed by atoms with Gasteiger partial charge in [-0.05, 0) is 12.1 Å². The molecule has 0 aliphatic carbocycles. The summed E-state index contributed by atoms with van der Waals surface area (Å²) in [4.78, 5) is 26.7. The number of likely N-dealkylation sites (N-methyl/N-ethyl adjacent to an activating group) is 1. The van der Waals surface area contributed by atoms with Crippen LogP contribution in [0.2, 0.25) is 5.02 Å². The van der Waals surface area contributed by atoms with Crippen molar-refractivity contribution < 1.29 is 19.1 Å². The zero-order chi connectivity index (χ0) is 16.8. The first-order valence-corrected chi connectivity index (χ1v) is 7.63. The minimum Gasteiger partial charge on any atom is -0.495 e. The van der Waals surface area contributed by atoms with Crippen molar-refractivity contribution in [2.24, 2.45) is 0 Å². The molecule has 2 rings (SSSR count). The van der Waals surface area contributed by atoms with Crippen molar-refractivity contribution in [1.82, 2.24) is 10.2 Å². The number of methoxy groups -OCH3 is 1. The van der Waals surface area contributed by atoms with Gasteiger partial charge in [-0.1, -0.05) is 11.6 Å². The Kier molecular flexibility index (Phi) is 5.92. The molecule has 23 heavy (non-hydrogen) atoms.